The lowest BCUT2D eigenvalue weighted by atomic mass is 10.2. The molecule has 0 aliphatic carbocycles. The van der Waals surface area contributed by atoms with E-state index in [0.717, 1.165) is 0 Å². The Labute approximate surface area is 80.8 Å². The third kappa shape index (κ3) is 12.9. The number of rotatable bonds is 8. The van der Waals surface area contributed by atoms with Gasteiger partial charge in [-0.05, 0) is 37.9 Å². The Balaban J connectivity index is 0. The monoisotopic (exact) mass is 193 g/mol. The molecule has 0 aromatic carbocycles. The van der Waals surface area contributed by atoms with Gasteiger partial charge >= 0.3 is 0 Å². The standard InChI is InChI=1S/C9H21NS.H2O/c1-3-11-9-7-5-4-6-8-10-2;/h10H,3-9H2,1-2H3;1H2. The minimum atomic E-state index is 0. The molecule has 0 bridgehead atoms. The van der Waals surface area contributed by atoms with Gasteiger partial charge in [-0.2, -0.15) is 11.8 Å². The first-order valence-electron chi connectivity index (χ1n) is 4.64. The van der Waals surface area contributed by atoms with Crippen LogP contribution in [0, 0.1) is 0 Å². The number of unbranched alkanes of at least 4 members (excludes halogenated alkanes) is 3. The Bertz CT molecular complexity index is 63.5. The van der Waals surface area contributed by atoms with Gasteiger partial charge in [-0.15, -0.1) is 0 Å². The van der Waals surface area contributed by atoms with Gasteiger partial charge in [0.1, 0.15) is 0 Å². The first kappa shape index (κ1) is 14.8. The van der Waals surface area contributed by atoms with Crippen molar-refractivity contribution in [2.45, 2.75) is 32.6 Å². The average molecular weight is 193 g/mol. The molecule has 0 aromatic heterocycles. The molecular formula is C9H23NOS. The number of thioether (sulfide) groups is 1. The molecule has 76 valence electrons. The van der Waals surface area contributed by atoms with Crippen LogP contribution in [0.25, 0.3) is 0 Å². The molecule has 0 heterocycles. The zero-order chi connectivity index (χ0) is 8.36. The van der Waals surface area contributed by atoms with Gasteiger partial charge in [-0.1, -0.05) is 19.8 Å². The van der Waals surface area contributed by atoms with E-state index >= 15 is 0 Å². The Morgan fingerprint density at radius 1 is 1.08 bits per heavy atom. The summed E-state index contributed by atoms with van der Waals surface area (Å²) in [6.45, 7) is 3.41. The van der Waals surface area contributed by atoms with Gasteiger partial charge < -0.3 is 10.8 Å². The van der Waals surface area contributed by atoms with Crippen molar-refractivity contribution >= 4 is 11.8 Å². The van der Waals surface area contributed by atoms with Crippen molar-refractivity contribution in [3.63, 3.8) is 0 Å². The molecule has 0 spiro atoms. The van der Waals surface area contributed by atoms with Crippen LogP contribution in [0.5, 0.6) is 0 Å². The minimum absolute atomic E-state index is 0. The molecule has 0 radical (unpaired) electrons. The molecule has 3 N–H and O–H groups in total. The van der Waals surface area contributed by atoms with Crippen molar-refractivity contribution in [2.24, 2.45) is 0 Å². The van der Waals surface area contributed by atoms with Gasteiger partial charge in [0.15, 0.2) is 0 Å². The largest absolute Gasteiger partial charge is 0.412 e. The van der Waals surface area contributed by atoms with Crippen LogP contribution in [-0.4, -0.2) is 30.6 Å². The van der Waals surface area contributed by atoms with Crippen LogP contribution in [0.1, 0.15) is 32.6 Å². The second-order valence-electron chi connectivity index (χ2n) is 2.71. The van der Waals surface area contributed by atoms with E-state index in [1.165, 1.54) is 43.7 Å². The van der Waals surface area contributed by atoms with Crippen LogP contribution in [0.15, 0.2) is 0 Å². The Morgan fingerprint density at radius 3 is 2.33 bits per heavy atom. The average Bonchev–Trinajstić information content (AvgIpc) is 2.03. The maximum absolute atomic E-state index is 3.16. The van der Waals surface area contributed by atoms with Crippen LogP contribution in [0.4, 0.5) is 0 Å². The van der Waals surface area contributed by atoms with E-state index in [-0.39, 0.29) is 5.48 Å². The Hall–Kier alpha value is 0.270. The number of hydrogen-bond acceptors (Lipinski definition) is 2. The van der Waals surface area contributed by atoms with E-state index in [4.69, 9.17) is 0 Å². The molecule has 0 aromatic rings. The lowest BCUT2D eigenvalue weighted by Crippen LogP contribution is -2.06. The first-order chi connectivity index (χ1) is 5.41. The van der Waals surface area contributed by atoms with Crippen molar-refractivity contribution in [3.05, 3.63) is 0 Å². The number of nitrogens with one attached hydrogen (secondary N) is 1. The second kappa shape index (κ2) is 13.8. The molecule has 0 saturated heterocycles. The normalized spacial score (nSPS) is 9.50. The summed E-state index contributed by atoms with van der Waals surface area (Å²) in [5.41, 5.74) is 0. The maximum atomic E-state index is 3.16. The highest BCUT2D eigenvalue weighted by molar-refractivity contribution is 7.99. The SMILES string of the molecule is CCSCCCCCCNC.O. The molecule has 0 aliphatic rings. The van der Waals surface area contributed by atoms with E-state index in [0.29, 0.717) is 0 Å². The second-order valence-corrected chi connectivity index (χ2v) is 4.11. The van der Waals surface area contributed by atoms with Crippen molar-refractivity contribution in [1.82, 2.24) is 5.32 Å². The van der Waals surface area contributed by atoms with Gasteiger partial charge in [0, 0.05) is 0 Å². The summed E-state index contributed by atoms with van der Waals surface area (Å²) in [6.07, 6.45) is 5.55. The van der Waals surface area contributed by atoms with Crippen LogP contribution >= 0.6 is 11.8 Å². The fourth-order valence-corrected chi connectivity index (χ4v) is 1.70. The summed E-state index contributed by atoms with van der Waals surface area (Å²) < 4.78 is 0. The van der Waals surface area contributed by atoms with Gasteiger partial charge in [0.25, 0.3) is 0 Å². The lowest BCUT2D eigenvalue weighted by Gasteiger charge is -1.99. The molecule has 0 amide bonds. The molecule has 0 rings (SSSR count). The van der Waals surface area contributed by atoms with Crippen LogP contribution in [0.2, 0.25) is 0 Å². The molecule has 0 atom stereocenters. The van der Waals surface area contributed by atoms with Crippen LogP contribution < -0.4 is 5.32 Å². The molecule has 0 saturated carbocycles. The summed E-state index contributed by atoms with van der Waals surface area (Å²) in [5, 5.41) is 3.16. The van der Waals surface area contributed by atoms with Gasteiger partial charge in [-0.25, -0.2) is 0 Å². The Morgan fingerprint density at radius 2 is 1.75 bits per heavy atom. The first-order valence-corrected chi connectivity index (χ1v) is 5.79. The molecule has 0 aliphatic heterocycles. The summed E-state index contributed by atoms with van der Waals surface area (Å²) in [4.78, 5) is 0. The lowest BCUT2D eigenvalue weighted by molar-refractivity contribution is 0.637. The predicted molar refractivity (Wildman–Crippen MR) is 59.0 cm³/mol. The smallest absolute Gasteiger partial charge is 0.00519 e. The summed E-state index contributed by atoms with van der Waals surface area (Å²) in [7, 11) is 2.02. The third-order valence-electron chi connectivity index (χ3n) is 1.67. The predicted octanol–water partition coefficient (Wildman–Crippen LogP) is 1.69. The molecule has 12 heavy (non-hydrogen) atoms. The van der Waals surface area contributed by atoms with Gasteiger partial charge in [0.2, 0.25) is 0 Å². The van der Waals surface area contributed by atoms with E-state index in [1.807, 2.05) is 7.05 Å². The van der Waals surface area contributed by atoms with Gasteiger partial charge in [0.05, 0.1) is 0 Å². The van der Waals surface area contributed by atoms with Crippen LogP contribution in [-0.2, 0) is 0 Å². The highest BCUT2D eigenvalue weighted by atomic mass is 32.2. The van der Waals surface area contributed by atoms with E-state index in [1.54, 1.807) is 0 Å². The van der Waals surface area contributed by atoms with Crippen molar-refractivity contribution in [1.29, 1.82) is 0 Å². The van der Waals surface area contributed by atoms with E-state index in [9.17, 15) is 0 Å². The van der Waals surface area contributed by atoms with Gasteiger partial charge in [-0.3, -0.25) is 0 Å². The fourth-order valence-electron chi connectivity index (χ4n) is 1.00. The molecular weight excluding hydrogens is 170 g/mol. The number of hydrogen-bond donors (Lipinski definition) is 1. The zero-order valence-corrected chi connectivity index (χ0v) is 9.17. The van der Waals surface area contributed by atoms with Crippen molar-refractivity contribution in [3.8, 4) is 0 Å². The highest BCUT2D eigenvalue weighted by Gasteiger charge is 1.88. The maximum Gasteiger partial charge on any atom is -0.00519 e. The van der Waals surface area contributed by atoms with E-state index in [2.05, 4.69) is 24.0 Å². The summed E-state index contributed by atoms with van der Waals surface area (Å²) in [6, 6.07) is 0. The quantitative estimate of drug-likeness (QED) is 0.596. The third-order valence-corrected chi connectivity index (χ3v) is 2.66. The fraction of sp³-hybridized carbons (Fsp3) is 1.00. The molecule has 0 unspecified atom stereocenters. The van der Waals surface area contributed by atoms with Crippen LogP contribution in [0.3, 0.4) is 0 Å². The minimum Gasteiger partial charge on any atom is -0.412 e. The van der Waals surface area contributed by atoms with Crippen molar-refractivity contribution < 1.29 is 5.48 Å². The van der Waals surface area contributed by atoms with Crippen molar-refractivity contribution in [2.75, 3.05) is 25.1 Å². The van der Waals surface area contributed by atoms with E-state index < -0.39 is 0 Å². The molecule has 3 heteroatoms. The summed E-state index contributed by atoms with van der Waals surface area (Å²) in [5.74, 6) is 2.63. The molecule has 0 fully saturated rings. The summed E-state index contributed by atoms with van der Waals surface area (Å²) >= 11 is 2.06. The Kier molecular flexibility index (Phi) is 17.0. The topological polar surface area (TPSA) is 43.5 Å². The molecule has 2 nitrogen and oxygen atoms in total. The zero-order valence-electron chi connectivity index (χ0n) is 8.36. The highest BCUT2D eigenvalue weighted by Crippen LogP contribution is 2.06.